The molecule has 8 heteroatoms. The Labute approximate surface area is 167 Å². The van der Waals surface area contributed by atoms with Crippen molar-refractivity contribution in [2.24, 2.45) is 0 Å². The molecular weight excluding hydrogens is 376 g/mol. The molecule has 0 N–H and O–H groups in total. The van der Waals surface area contributed by atoms with Crippen LogP contribution < -0.4 is 4.90 Å². The molecule has 1 aliphatic heterocycles. The Hall–Kier alpha value is -2.71. The molecule has 1 atom stereocenters. The molecule has 1 fully saturated rings. The maximum Gasteiger partial charge on any atom is 0.337 e. The summed E-state index contributed by atoms with van der Waals surface area (Å²) in [6.07, 6.45) is 0. The van der Waals surface area contributed by atoms with Gasteiger partial charge in [-0.25, -0.2) is 4.79 Å². The molecule has 1 aromatic carbocycles. The standard InChI is InChI=1S/C20H22N4O3S/c1-14-12-24(16-7-5-15(6-8-16)20(25)26-2)10-9-23(14)13-18-21-19(22-27-18)17-4-3-11-28-17/h3-8,11,14H,9-10,12-13H2,1-2H3. The predicted molar refractivity (Wildman–Crippen MR) is 107 cm³/mol. The number of piperazine rings is 1. The van der Waals surface area contributed by atoms with E-state index in [4.69, 9.17) is 9.26 Å². The van der Waals surface area contributed by atoms with Crippen molar-refractivity contribution < 1.29 is 14.1 Å². The van der Waals surface area contributed by atoms with E-state index in [0.29, 0.717) is 29.9 Å². The van der Waals surface area contributed by atoms with Crippen molar-refractivity contribution in [2.75, 3.05) is 31.6 Å². The largest absolute Gasteiger partial charge is 0.465 e. The van der Waals surface area contributed by atoms with Gasteiger partial charge in [-0.05, 0) is 42.6 Å². The Bertz CT molecular complexity index is 923. The first-order chi connectivity index (χ1) is 13.6. The van der Waals surface area contributed by atoms with E-state index in [2.05, 4.69) is 26.9 Å². The van der Waals surface area contributed by atoms with Gasteiger partial charge in [0, 0.05) is 31.4 Å². The van der Waals surface area contributed by atoms with Gasteiger partial charge in [0.05, 0.1) is 24.1 Å². The van der Waals surface area contributed by atoms with Crippen LogP contribution in [0, 0.1) is 0 Å². The number of carbonyl (C=O) groups excluding carboxylic acids is 1. The summed E-state index contributed by atoms with van der Waals surface area (Å²) in [5.74, 6) is 0.985. The van der Waals surface area contributed by atoms with Gasteiger partial charge in [0.2, 0.25) is 11.7 Å². The van der Waals surface area contributed by atoms with E-state index in [0.717, 1.165) is 30.2 Å². The fourth-order valence-electron chi connectivity index (χ4n) is 3.39. The number of carbonyl (C=O) groups is 1. The van der Waals surface area contributed by atoms with Crippen LogP contribution in [0.3, 0.4) is 0 Å². The van der Waals surface area contributed by atoms with Crippen LogP contribution in [-0.4, -0.2) is 53.8 Å². The molecule has 1 saturated heterocycles. The molecule has 4 rings (SSSR count). The van der Waals surface area contributed by atoms with Gasteiger partial charge in [-0.1, -0.05) is 11.2 Å². The van der Waals surface area contributed by atoms with Gasteiger partial charge in [-0.2, -0.15) is 4.98 Å². The van der Waals surface area contributed by atoms with Crippen molar-refractivity contribution >= 4 is 23.0 Å². The third-order valence-corrected chi connectivity index (χ3v) is 5.83. The molecule has 0 bridgehead atoms. The van der Waals surface area contributed by atoms with Gasteiger partial charge in [-0.15, -0.1) is 11.3 Å². The van der Waals surface area contributed by atoms with Crippen LogP contribution in [0.2, 0.25) is 0 Å². The van der Waals surface area contributed by atoms with Gasteiger partial charge in [-0.3, -0.25) is 4.90 Å². The molecule has 1 unspecified atom stereocenters. The highest BCUT2D eigenvalue weighted by atomic mass is 32.1. The number of aromatic nitrogens is 2. The van der Waals surface area contributed by atoms with Crippen molar-refractivity contribution in [3.8, 4) is 10.7 Å². The maximum atomic E-state index is 11.6. The van der Waals surface area contributed by atoms with Crippen molar-refractivity contribution in [1.82, 2.24) is 15.0 Å². The zero-order valence-corrected chi connectivity index (χ0v) is 16.7. The normalized spacial score (nSPS) is 17.6. The first-order valence-corrected chi connectivity index (χ1v) is 10.1. The predicted octanol–water partition coefficient (Wildman–Crippen LogP) is 3.30. The molecule has 1 aliphatic rings. The molecule has 146 valence electrons. The molecular formula is C20H22N4O3S. The van der Waals surface area contributed by atoms with E-state index >= 15 is 0 Å². The van der Waals surface area contributed by atoms with Crippen LogP contribution in [0.4, 0.5) is 5.69 Å². The minimum atomic E-state index is -0.314. The summed E-state index contributed by atoms with van der Waals surface area (Å²) < 4.78 is 10.2. The molecule has 28 heavy (non-hydrogen) atoms. The SMILES string of the molecule is COC(=O)c1ccc(N2CCN(Cc3nc(-c4cccs4)no3)C(C)C2)cc1. The first kappa shape index (κ1) is 18.6. The number of rotatable bonds is 5. The molecule has 0 aliphatic carbocycles. The van der Waals surface area contributed by atoms with E-state index in [1.807, 2.05) is 41.8 Å². The van der Waals surface area contributed by atoms with Gasteiger partial charge in [0.15, 0.2) is 0 Å². The molecule has 3 heterocycles. The van der Waals surface area contributed by atoms with Crippen LogP contribution >= 0.6 is 11.3 Å². The van der Waals surface area contributed by atoms with E-state index in [-0.39, 0.29) is 5.97 Å². The second kappa shape index (κ2) is 8.12. The topological polar surface area (TPSA) is 71.7 Å². The molecule has 0 saturated carbocycles. The van der Waals surface area contributed by atoms with E-state index in [1.165, 1.54) is 7.11 Å². The van der Waals surface area contributed by atoms with Crippen LogP contribution in [0.1, 0.15) is 23.2 Å². The van der Waals surface area contributed by atoms with E-state index in [9.17, 15) is 4.79 Å². The molecule has 7 nitrogen and oxygen atoms in total. The number of thiophene rings is 1. The zero-order valence-electron chi connectivity index (χ0n) is 15.9. The fraction of sp³-hybridized carbons (Fsp3) is 0.350. The third-order valence-electron chi connectivity index (χ3n) is 4.97. The molecule has 3 aromatic rings. The molecule has 0 spiro atoms. The fourth-order valence-corrected chi connectivity index (χ4v) is 4.04. The summed E-state index contributed by atoms with van der Waals surface area (Å²) in [6, 6.07) is 11.9. The molecule has 0 radical (unpaired) electrons. The number of anilines is 1. The lowest BCUT2D eigenvalue weighted by Gasteiger charge is -2.40. The lowest BCUT2D eigenvalue weighted by molar-refractivity contribution is 0.0600. The Kier molecular flexibility index (Phi) is 5.40. The lowest BCUT2D eigenvalue weighted by atomic mass is 10.1. The van der Waals surface area contributed by atoms with E-state index in [1.54, 1.807) is 11.3 Å². The van der Waals surface area contributed by atoms with Gasteiger partial charge >= 0.3 is 5.97 Å². The monoisotopic (exact) mass is 398 g/mol. The number of esters is 1. The Morgan fingerprint density at radius 3 is 2.79 bits per heavy atom. The van der Waals surface area contributed by atoms with Crippen LogP contribution in [0.15, 0.2) is 46.3 Å². The highest BCUT2D eigenvalue weighted by Gasteiger charge is 2.26. The minimum Gasteiger partial charge on any atom is -0.465 e. The Balaban J connectivity index is 1.37. The smallest absolute Gasteiger partial charge is 0.337 e. The summed E-state index contributed by atoms with van der Waals surface area (Å²) in [7, 11) is 1.39. The van der Waals surface area contributed by atoms with Crippen LogP contribution in [0.25, 0.3) is 10.7 Å². The number of hydrogen-bond acceptors (Lipinski definition) is 8. The van der Waals surface area contributed by atoms with Crippen LogP contribution in [0.5, 0.6) is 0 Å². The average molecular weight is 398 g/mol. The highest BCUT2D eigenvalue weighted by Crippen LogP contribution is 2.24. The summed E-state index contributed by atoms with van der Waals surface area (Å²) in [6.45, 7) is 5.54. The summed E-state index contributed by atoms with van der Waals surface area (Å²) in [5, 5.41) is 6.09. The van der Waals surface area contributed by atoms with Crippen molar-refractivity contribution in [2.45, 2.75) is 19.5 Å². The first-order valence-electron chi connectivity index (χ1n) is 9.18. The quantitative estimate of drug-likeness (QED) is 0.611. The number of benzene rings is 1. The summed E-state index contributed by atoms with van der Waals surface area (Å²) in [4.78, 5) is 21.8. The van der Waals surface area contributed by atoms with Crippen molar-refractivity contribution in [3.63, 3.8) is 0 Å². The number of ether oxygens (including phenoxy) is 1. The molecule has 0 amide bonds. The minimum absolute atomic E-state index is 0.314. The average Bonchev–Trinajstić information content (AvgIpc) is 3.41. The Morgan fingerprint density at radius 2 is 2.11 bits per heavy atom. The Morgan fingerprint density at radius 1 is 1.29 bits per heavy atom. The zero-order chi connectivity index (χ0) is 19.5. The van der Waals surface area contributed by atoms with Gasteiger partial charge < -0.3 is 14.2 Å². The van der Waals surface area contributed by atoms with Crippen LogP contribution in [-0.2, 0) is 11.3 Å². The number of hydrogen-bond donors (Lipinski definition) is 0. The number of methoxy groups -OCH3 is 1. The second-order valence-corrected chi connectivity index (χ2v) is 7.74. The summed E-state index contributed by atoms with van der Waals surface area (Å²) in [5.41, 5.74) is 1.67. The van der Waals surface area contributed by atoms with Gasteiger partial charge in [0.1, 0.15) is 0 Å². The van der Waals surface area contributed by atoms with E-state index < -0.39 is 0 Å². The second-order valence-electron chi connectivity index (χ2n) is 6.79. The van der Waals surface area contributed by atoms with Gasteiger partial charge in [0.25, 0.3) is 0 Å². The highest BCUT2D eigenvalue weighted by molar-refractivity contribution is 7.13. The molecule has 2 aromatic heterocycles. The lowest BCUT2D eigenvalue weighted by Crippen LogP contribution is -2.51. The van der Waals surface area contributed by atoms with Crippen molar-refractivity contribution in [1.29, 1.82) is 0 Å². The maximum absolute atomic E-state index is 11.6. The number of nitrogens with zero attached hydrogens (tertiary/aromatic N) is 4. The van der Waals surface area contributed by atoms with Crippen molar-refractivity contribution in [3.05, 3.63) is 53.2 Å². The third kappa shape index (κ3) is 3.93. The summed E-state index contributed by atoms with van der Waals surface area (Å²) >= 11 is 1.60.